The summed E-state index contributed by atoms with van der Waals surface area (Å²) in [4.78, 5) is 0. The number of ether oxygens (including phenoxy) is 1. The second-order valence-corrected chi connectivity index (χ2v) is 5.03. The molecule has 0 amide bonds. The number of aromatic nitrogens is 2. The molecule has 2 N–H and O–H groups in total. The highest BCUT2D eigenvalue weighted by molar-refractivity contribution is 5.42. The number of hydrogen-bond donors (Lipinski definition) is 2. The van der Waals surface area contributed by atoms with Gasteiger partial charge in [0.1, 0.15) is 12.4 Å². The lowest BCUT2D eigenvalue weighted by Crippen LogP contribution is -2.12. The Morgan fingerprint density at radius 1 is 1.14 bits per heavy atom. The number of hydrogen-bond acceptors (Lipinski definition) is 6. The highest BCUT2D eigenvalue weighted by Gasteiger charge is 2.06. The molecule has 21 heavy (non-hydrogen) atoms. The van der Waals surface area contributed by atoms with Crippen LogP contribution >= 0.6 is 0 Å². The molecule has 0 bridgehead atoms. The van der Waals surface area contributed by atoms with Crippen molar-refractivity contribution in [2.45, 2.75) is 27.3 Å². The van der Waals surface area contributed by atoms with E-state index in [1.165, 1.54) is 5.56 Å². The highest BCUT2D eigenvalue weighted by atomic mass is 16.5. The first-order valence-electron chi connectivity index (χ1n) is 7.01. The Morgan fingerprint density at radius 2 is 1.86 bits per heavy atom. The molecule has 6 heteroatoms. The quantitative estimate of drug-likeness (QED) is 0.762. The zero-order valence-electron chi connectivity index (χ0n) is 13.0. The summed E-state index contributed by atoms with van der Waals surface area (Å²) >= 11 is 0. The van der Waals surface area contributed by atoms with Crippen LogP contribution in [0.15, 0.2) is 16.5 Å². The Hall–Kier alpha value is -2.08. The predicted molar refractivity (Wildman–Crippen MR) is 81.7 cm³/mol. The summed E-state index contributed by atoms with van der Waals surface area (Å²) in [6.07, 6.45) is 0. The van der Waals surface area contributed by atoms with E-state index >= 15 is 0 Å². The Morgan fingerprint density at radius 3 is 2.52 bits per heavy atom. The second kappa shape index (κ2) is 7.08. The average Bonchev–Trinajstić information content (AvgIpc) is 2.85. The van der Waals surface area contributed by atoms with Crippen LogP contribution in [0.3, 0.4) is 0 Å². The van der Waals surface area contributed by atoms with Crippen molar-refractivity contribution in [1.29, 1.82) is 0 Å². The maximum absolute atomic E-state index is 5.83. The van der Waals surface area contributed by atoms with Gasteiger partial charge in [-0.25, -0.2) is 0 Å². The van der Waals surface area contributed by atoms with Gasteiger partial charge >= 0.3 is 6.01 Å². The lowest BCUT2D eigenvalue weighted by Gasteiger charge is -2.13. The highest BCUT2D eigenvalue weighted by Crippen LogP contribution is 2.24. The number of aryl methyl sites for hydroxylation is 3. The Kier molecular flexibility index (Phi) is 5.16. The van der Waals surface area contributed by atoms with E-state index in [4.69, 9.17) is 9.15 Å². The topological polar surface area (TPSA) is 72.2 Å². The lowest BCUT2D eigenvalue weighted by atomic mass is 10.1. The van der Waals surface area contributed by atoms with E-state index in [-0.39, 0.29) is 0 Å². The number of nitrogens with one attached hydrogen (secondary N) is 2. The van der Waals surface area contributed by atoms with Crippen molar-refractivity contribution in [1.82, 2.24) is 15.5 Å². The molecule has 0 aliphatic heterocycles. The minimum absolute atomic E-state index is 0.418. The van der Waals surface area contributed by atoms with Gasteiger partial charge in [0.2, 0.25) is 5.89 Å². The molecule has 0 saturated carbocycles. The zero-order valence-corrected chi connectivity index (χ0v) is 13.0. The van der Waals surface area contributed by atoms with Crippen molar-refractivity contribution < 1.29 is 9.15 Å². The molecule has 2 aromatic rings. The van der Waals surface area contributed by atoms with Gasteiger partial charge < -0.3 is 19.8 Å². The maximum atomic E-state index is 5.83. The molecule has 1 heterocycles. The summed E-state index contributed by atoms with van der Waals surface area (Å²) < 4.78 is 11.2. The van der Waals surface area contributed by atoms with E-state index in [0.717, 1.165) is 16.9 Å². The van der Waals surface area contributed by atoms with Crippen LogP contribution in [0, 0.1) is 20.8 Å². The van der Waals surface area contributed by atoms with Gasteiger partial charge in [0.05, 0.1) is 13.1 Å². The van der Waals surface area contributed by atoms with Crippen LogP contribution in [0.4, 0.5) is 6.01 Å². The van der Waals surface area contributed by atoms with Crippen LogP contribution < -0.4 is 15.4 Å². The van der Waals surface area contributed by atoms with Gasteiger partial charge in [-0.05, 0) is 38.9 Å². The van der Waals surface area contributed by atoms with Gasteiger partial charge in [0, 0.05) is 0 Å². The number of nitrogens with zero attached hydrogens (tertiary/aromatic N) is 2. The van der Waals surface area contributed by atoms with E-state index in [0.29, 0.717) is 31.6 Å². The third kappa shape index (κ3) is 4.19. The summed E-state index contributed by atoms with van der Waals surface area (Å²) in [6.45, 7) is 7.91. The Balaban J connectivity index is 1.82. The molecule has 2 rings (SSSR count). The fourth-order valence-electron chi connectivity index (χ4n) is 2.25. The van der Waals surface area contributed by atoms with Gasteiger partial charge in [-0.15, -0.1) is 5.10 Å². The Labute approximate surface area is 124 Å². The number of benzene rings is 1. The number of rotatable bonds is 7. The molecule has 0 atom stereocenters. The standard InChI is InChI=1S/C15H22N4O2/c1-10-7-11(2)14(12(3)8-10)20-6-5-17-15-19-18-13(21-15)9-16-4/h7-8,16H,5-6,9H2,1-4H3,(H,17,19). The van der Waals surface area contributed by atoms with E-state index in [1.807, 2.05) is 7.05 Å². The van der Waals surface area contributed by atoms with Gasteiger partial charge in [-0.2, -0.15) is 0 Å². The summed E-state index contributed by atoms with van der Waals surface area (Å²) in [5, 5.41) is 13.8. The first-order chi connectivity index (χ1) is 10.1. The van der Waals surface area contributed by atoms with Crippen molar-refractivity contribution in [3.63, 3.8) is 0 Å². The third-order valence-corrected chi connectivity index (χ3v) is 3.02. The van der Waals surface area contributed by atoms with Crippen molar-refractivity contribution >= 4 is 6.01 Å². The van der Waals surface area contributed by atoms with E-state index < -0.39 is 0 Å². The lowest BCUT2D eigenvalue weighted by molar-refractivity contribution is 0.326. The summed E-state index contributed by atoms with van der Waals surface area (Å²) in [7, 11) is 1.83. The maximum Gasteiger partial charge on any atom is 0.315 e. The fourth-order valence-corrected chi connectivity index (χ4v) is 2.25. The van der Waals surface area contributed by atoms with E-state index in [9.17, 15) is 0 Å². The van der Waals surface area contributed by atoms with Gasteiger partial charge in [0.25, 0.3) is 0 Å². The van der Waals surface area contributed by atoms with Gasteiger partial charge in [0.15, 0.2) is 0 Å². The van der Waals surface area contributed by atoms with Crippen molar-refractivity contribution in [3.8, 4) is 5.75 Å². The molecule has 6 nitrogen and oxygen atoms in total. The van der Waals surface area contributed by atoms with E-state index in [1.54, 1.807) is 0 Å². The fraction of sp³-hybridized carbons (Fsp3) is 0.467. The second-order valence-electron chi connectivity index (χ2n) is 5.03. The SMILES string of the molecule is CNCc1nnc(NCCOc2c(C)cc(C)cc2C)o1. The summed E-state index contributed by atoms with van der Waals surface area (Å²) in [5.41, 5.74) is 3.56. The van der Waals surface area contributed by atoms with Crippen LogP contribution in [-0.4, -0.2) is 30.4 Å². The predicted octanol–water partition coefficient (Wildman–Crippen LogP) is 2.21. The van der Waals surface area contributed by atoms with Crippen molar-refractivity contribution in [2.75, 3.05) is 25.5 Å². The molecule has 0 aliphatic carbocycles. The molecule has 114 valence electrons. The average molecular weight is 290 g/mol. The first kappa shape index (κ1) is 15.3. The Bertz CT molecular complexity index is 572. The molecule has 0 spiro atoms. The smallest absolute Gasteiger partial charge is 0.315 e. The molecule has 0 fully saturated rings. The van der Waals surface area contributed by atoms with Gasteiger partial charge in [-0.3, -0.25) is 0 Å². The minimum atomic E-state index is 0.418. The first-order valence-corrected chi connectivity index (χ1v) is 7.01. The molecule has 0 aliphatic rings. The molecule has 1 aromatic carbocycles. The van der Waals surface area contributed by atoms with Crippen LogP contribution in [-0.2, 0) is 6.54 Å². The van der Waals surface area contributed by atoms with E-state index in [2.05, 4.69) is 53.7 Å². The molecular formula is C15H22N4O2. The minimum Gasteiger partial charge on any atom is -0.491 e. The molecule has 0 radical (unpaired) electrons. The number of anilines is 1. The summed E-state index contributed by atoms with van der Waals surface area (Å²) in [5.74, 6) is 1.51. The van der Waals surface area contributed by atoms with Gasteiger partial charge in [-0.1, -0.05) is 22.8 Å². The van der Waals surface area contributed by atoms with Crippen LogP contribution in [0.25, 0.3) is 0 Å². The monoisotopic (exact) mass is 290 g/mol. The molecule has 1 aromatic heterocycles. The van der Waals surface area contributed by atoms with Crippen LogP contribution in [0.5, 0.6) is 5.75 Å². The van der Waals surface area contributed by atoms with Crippen molar-refractivity contribution in [2.24, 2.45) is 0 Å². The molecular weight excluding hydrogens is 268 g/mol. The molecule has 0 unspecified atom stereocenters. The third-order valence-electron chi connectivity index (χ3n) is 3.02. The zero-order chi connectivity index (χ0) is 15.2. The van der Waals surface area contributed by atoms with Crippen LogP contribution in [0.2, 0.25) is 0 Å². The molecule has 0 saturated heterocycles. The summed E-state index contributed by atoms with van der Waals surface area (Å²) in [6, 6.07) is 4.66. The normalized spacial score (nSPS) is 10.7. The largest absolute Gasteiger partial charge is 0.491 e. The van der Waals surface area contributed by atoms with Crippen LogP contribution in [0.1, 0.15) is 22.6 Å². The van der Waals surface area contributed by atoms with Crippen molar-refractivity contribution in [3.05, 3.63) is 34.7 Å².